The number of aryl methyl sites for hydroxylation is 1. The molecule has 1 heterocycles. The zero-order valence-corrected chi connectivity index (χ0v) is 18.7. The van der Waals surface area contributed by atoms with E-state index in [1.54, 1.807) is 66.7 Å². The maximum atomic E-state index is 13.2. The van der Waals surface area contributed by atoms with Gasteiger partial charge in [-0.15, -0.1) is 0 Å². The third-order valence-corrected chi connectivity index (χ3v) is 7.01. The van der Waals surface area contributed by atoms with Crippen LogP contribution in [0.5, 0.6) is 5.75 Å². The SMILES string of the molecule is Cc1ccc(S(=O)(=O)NCCn2c(C)c(C(=O)c3ccccc3)c3cc(O)ccc32)cc1. The van der Waals surface area contributed by atoms with Crippen molar-refractivity contribution >= 4 is 26.7 Å². The van der Waals surface area contributed by atoms with Gasteiger partial charge in [0.1, 0.15) is 5.75 Å². The van der Waals surface area contributed by atoms with Crippen LogP contribution in [0.25, 0.3) is 10.9 Å². The first-order valence-electron chi connectivity index (χ1n) is 10.3. The summed E-state index contributed by atoms with van der Waals surface area (Å²) in [6, 6.07) is 20.5. The van der Waals surface area contributed by atoms with Crippen molar-refractivity contribution in [3.8, 4) is 5.75 Å². The number of carbonyl (C=O) groups excluding carboxylic acids is 1. The smallest absolute Gasteiger partial charge is 0.240 e. The van der Waals surface area contributed by atoms with E-state index in [-0.39, 0.29) is 23.0 Å². The van der Waals surface area contributed by atoms with Crippen molar-refractivity contribution in [1.82, 2.24) is 9.29 Å². The van der Waals surface area contributed by atoms with Crippen molar-refractivity contribution in [3.05, 3.63) is 95.2 Å². The molecule has 0 aliphatic rings. The van der Waals surface area contributed by atoms with Crippen LogP contribution >= 0.6 is 0 Å². The average molecular weight is 449 g/mol. The second-order valence-electron chi connectivity index (χ2n) is 7.72. The highest BCUT2D eigenvalue weighted by Gasteiger charge is 2.22. The lowest BCUT2D eigenvalue weighted by atomic mass is 10.0. The highest BCUT2D eigenvalue weighted by molar-refractivity contribution is 7.89. The molecule has 0 saturated carbocycles. The van der Waals surface area contributed by atoms with Gasteiger partial charge in [-0.05, 0) is 44.2 Å². The fourth-order valence-electron chi connectivity index (χ4n) is 3.87. The molecule has 0 aliphatic carbocycles. The maximum absolute atomic E-state index is 13.2. The topological polar surface area (TPSA) is 88.4 Å². The van der Waals surface area contributed by atoms with E-state index in [4.69, 9.17) is 0 Å². The van der Waals surface area contributed by atoms with Crippen molar-refractivity contribution in [2.45, 2.75) is 25.3 Å². The minimum atomic E-state index is -3.64. The number of benzene rings is 3. The highest BCUT2D eigenvalue weighted by Crippen LogP contribution is 2.30. The molecule has 0 aliphatic heterocycles. The number of aromatic nitrogens is 1. The van der Waals surface area contributed by atoms with Crippen molar-refractivity contribution in [2.24, 2.45) is 0 Å². The summed E-state index contributed by atoms with van der Waals surface area (Å²) < 4.78 is 29.8. The summed E-state index contributed by atoms with van der Waals surface area (Å²) in [7, 11) is -3.64. The van der Waals surface area contributed by atoms with Gasteiger partial charge in [0.2, 0.25) is 10.0 Å². The Morgan fingerprint density at radius 1 is 0.969 bits per heavy atom. The van der Waals surface area contributed by atoms with E-state index >= 15 is 0 Å². The Morgan fingerprint density at radius 2 is 1.66 bits per heavy atom. The number of rotatable bonds is 7. The summed E-state index contributed by atoms with van der Waals surface area (Å²) >= 11 is 0. The molecular formula is C25H24N2O4S. The normalized spacial score (nSPS) is 11.7. The molecule has 7 heteroatoms. The van der Waals surface area contributed by atoms with Crippen LogP contribution in [0.15, 0.2) is 77.7 Å². The van der Waals surface area contributed by atoms with Crippen LogP contribution in [0.4, 0.5) is 0 Å². The van der Waals surface area contributed by atoms with Gasteiger partial charge in [0.05, 0.1) is 10.5 Å². The standard InChI is InChI=1S/C25H24N2O4S/c1-17-8-11-21(12-9-17)32(30,31)26-14-15-27-18(2)24(22-16-20(28)10-13-23(22)27)25(29)19-6-4-3-5-7-19/h3-13,16,26,28H,14-15H2,1-2H3. The van der Waals surface area contributed by atoms with Gasteiger partial charge in [-0.2, -0.15) is 0 Å². The quantitative estimate of drug-likeness (QED) is 0.415. The summed E-state index contributed by atoms with van der Waals surface area (Å²) in [6.45, 7) is 4.22. The molecule has 4 aromatic rings. The Kier molecular flexibility index (Phi) is 5.86. The Hall–Kier alpha value is -3.42. The molecule has 0 radical (unpaired) electrons. The number of sulfonamides is 1. The van der Waals surface area contributed by atoms with Crippen LogP contribution in [-0.2, 0) is 16.6 Å². The van der Waals surface area contributed by atoms with Crippen LogP contribution < -0.4 is 4.72 Å². The Bertz CT molecular complexity index is 1390. The molecule has 0 saturated heterocycles. The molecular weight excluding hydrogens is 424 g/mol. The first-order chi connectivity index (χ1) is 15.3. The Balaban J connectivity index is 1.65. The molecule has 0 bridgehead atoms. The largest absolute Gasteiger partial charge is 0.508 e. The summed E-state index contributed by atoms with van der Waals surface area (Å²) in [5.74, 6) is -0.0745. The van der Waals surface area contributed by atoms with Crippen LogP contribution in [0.3, 0.4) is 0 Å². The minimum Gasteiger partial charge on any atom is -0.508 e. The number of hydrogen-bond donors (Lipinski definition) is 2. The van der Waals surface area contributed by atoms with Crippen molar-refractivity contribution < 1.29 is 18.3 Å². The van der Waals surface area contributed by atoms with Gasteiger partial charge in [-0.1, -0.05) is 48.0 Å². The van der Waals surface area contributed by atoms with Gasteiger partial charge in [0, 0.05) is 35.2 Å². The van der Waals surface area contributed by atoms with Gasteiger partial charge in [0.15, 0.2) is 5.78 Å². The monoisotopic (exact) mass is 448 g/mol. The highest BCUT2D eigenvalue weighted by atomic mass is 32.2. The molecule has 0 fully saturated rings. The van der Waals surface area contributed by atoms with Gasteiger partial charge < -0.3 is 9.67 Å². The van der Waals surface area contributed by atoms with Crippen LogP contribution in [0.1, 0.15) is 27.2 Å². The van der Waals surface area contributed by atoms with Crippen molar-refractivity contribution in [1.29, 1.82) is 0 Å². The number of nitrogens with zero attached hydrogens (tertiary/aromatic N) is 1. The predicted molar refractivity (Wildman–Crippen MR) is 125 cm³/mol. The van der Waals surface area contributed by atoms with Gasteiger partial charge >= 0.3 is 0 Å². The molecule has 2 N–H and O–H groups in total. The van der Waals surface area contributed by atoms with E-state index in [0.717, 1.165) is 11.1 Å². The van der Waals surface area contributed by atoms with E-state index in [9.17, 15) is 18.3 Å². The number of carbonyl (C=O) groups is 1. The summed E-state index contributed by atoms with van der Waals surface area (Å²) in [5, 5.41) is 10.7. The number of phenolic OH excluding ortho intramolecular Hbond substituents is 1. The van der Waals surface area contributed by atoms with E-state index in [1.165, 1.54) is 0 Å². The Morgan fingerprint density at radius 3 is 2.34 bits per heavy atom. The van der Waals surface area contributed by atoms with Crippen molar-refractivity contribution in [2.75, 3.05) is 6.54 Å². The summed E-state index contributed by atoms with van der Waals surface area (Å²) in [5.41, 5.74) is 3.52. The molecule has 0 atom stereocenters. The van der Waals surface area contributed by atoms with Gasteiger partial charge in [0.25, 0.3) is 0 Å². The fourth-order valence-corrected chi connectivity index (χ4v) is 4.89. The van der Waals surface area contributed by atoms with Crippen molar-refractivity contribution in [3.63, 3.8) is 0 Å². The van der Waals surface area contributed by atoms with Gasteiger partial charge in [-0.3, -0.25) is 4.79 Å². The summed E-state index contributed by atoms with van der Waals surface area (Å²) in [4.78, 5) is 13.5. The lowest BCUT2D eigenvalue weighted by molar-refractivity contribution is 0.103. The second kappa shape index (κ2) is 8.61. The summed E-state index contributed by atoms with van der Waals surface area (Å²) in [6.07, 6.45) is 0. The van der Waals surface area contributed by atoms with Crippen LogP contribution in [0.2, 0.25) is 0 Å². The average Bonchev–Trinajstić information content (AvgIpc) is 3.04. The second-order valence-corrected chi connectivity index (χ2v) is 9.49. The first kappa shape index (κ1) is 21.8. The number of phenols is 1. The maximum Gasteiger partial charge on any atom is 0.240 e. The Labute approximate surface area is 187 Å². The molecule has 6 nitrogen and oxygen atoms in total. The molecule has 164 valence electrons. The number of aromatic hydroxyl groups is 1. The number of nitrogens with one attached hydrogen (secondary N) is 1. The zero-order valence-electron chi connectivity index (χ0n) is 17.9. The number of fused-ring (bicyclic) bond motifs is 1. The number of ketones is 1. The molecule has 32 heavy (non-hydrogen) atoms. The van der Waals surface area contributed by atoms with Crippen LogP contribution in [0, 0.1) is 13.8 Å². The lowest BCUT2D eigenvalue weighted by Gasteiger charge is -2.11. The molecule has 1 aromatic heterocycles. The lowest BCUT2D eigenvalue weighted by Crippen LogP contribution is -2.27. The van der Waals surface area contributed by atoms with Gasteiger partial charge in [-0.25, -0.2) is 13.1 Å². The van der Waals surface area contributed by atoms with Crippen LogP contribution in [-0.4, -0.2) is 30.4 Å². The third-order valence-electron chi connectivity index (χ3n) is 5.53. The van der Waals surface area contributed by atoms with E-state index in [2.05, 4.69) is 4.72 Å². The fraction of sp³-hybridized carbons (Fsp3) is 0.160. The first-order valence-corrected chi connectivity index (χ1v) is 11.7. The van der Waals surface area contributed by atoms with E-state index < -0.39 is 10.0 Å². The zero-order chi connectivity index (χ0) is 22.9. The third kappa shape index (κ3) is 4.17. The predicted octanol–water partition coefficient (Wildman–Crippen LogP) is 4.17. The minimum absolute atomic E-state index is 0.0665. The molecule has 0 amide bonds. The molecule has 0 spiro atoms. The number of hydrogen-bond acceptors (Lipinski definition) is 4. The van der Waals surface area contributed by atoms with E-state index in [0.29, 0.717) is 28.8 Å². The molecule has 4 rings (SSSR count). The molecule has 3 aromatic carbocycles. The van der Waals surface area contributed by atoms with E-state index in [1.807, 2.05) is 24.5 Å². The molecule has 0 unspecified atom stereocenters.